The number of aliphatic hydroxyl groups excluding tert-OH is 1. The first-order chi connectivity index (χ1) is 10.2. The zero-order chi connectivity index (χ0) is 15.1. The standard InChI is InChI=1S/C15H16N2O4/c18-10-13(11-21-15-7-2-1-3-8-15)16-12-5-4-6-14(9-12)17(19)20/h1-9,13,16,18H,10-11H2. The van der Waals surface area contributed by atoms with E-state index in [1.807, 2.05) is 30.3 Å². The summed E-state index contributed by atoms with van der Waals surface area (Å²) in [5.41, 5.74) is 0.570. The Morgan fingerprint density at radius 2 is 1.95 bits per heavy atom. The van der Waals surface area contributed by atoms with Gasteiger partial charge in [0.15, 0.2) is 0 Å². The van der Waals surface area contributed by atoms with Crippen LogP contribution in [0.3, 0.4) is 0 Å². The number of rotatable bonds is 7. The van der Waals surface area contributed by atoms with E-state index in [2.05, 4.69) is 5.32 Å². The number of ether oxygens (including phenoxy) is 1. The molecule has 2 aromatic carbocycles. The Kier molecular flexibility index (Phi) is 5.11. The van der Waals surface area contributed by atoms with Crippen molar-refractivity contribution in [2.24, 2.45) is 0 Å². The first-order valence-electron chi connectivity index (χ1n) is 6.49. The van der Waals surface area contributed by atoms with Gasteiger partial charge in [-0.05, 0) is 18.2 Å². The van der Waals surface area contributed by atoms with E-state index in [-0.39, 0.29) is 24.9 Å². The van der Waals surface area contributed by atoms with Crippen LogP contribution in [0.25, 0.3) is 0 Å². The molecule has 0 aromatic heterocycles. The summed E-state index contributed by atoms with van der Waals surface area (Å²) in [4.78, 5) is 10.3. The number of aliphatic hydroxyl groups is 1. The highest BCUT2D eigenvalue weighted by molar-refractivity contribution is 5.51. The maximum Gasteiger partial charge on any atom is 0.271 e. The number of non-ortho nitro benzene ring substituents is 1. The largest absolute Gasteiger partial charge is 0.491 e. The second kappa shape index (κ2) is 7.25. The van der Waals surface area contributed by atoms with Crippen LogP contribution < -0.4 is 10.1 Å². The van der Waals surface area contributed by atoms with Crippen LogP contribution >= 0.6 is 0 Å². The summed E-state index contributed by atoms with van der Waals surface area (Å²) in [5, 5.41) is 23.1. The highest BCUT2D eigenvalue weighted by atomic mass is 16.6. The Hall–Kier alpha value is -2.60. The van der Waals surface area contributed by atoms with Crippen molar-refractivity contribution in [2.75, 3.05) is 18.5 Å². The maximum absolute atomic E-state index is 10.7. The number of anilines is 1. The molecule has 0 spiro atoms. The van der Waals surface area contributed by atoms with Gasteiger partial charge < -0.3 is 15.2 Å². The molecule has 1 atom stereocenters. The van der Waals surface area contributed by atoms with Gasteiger partial charge in [0.25, 0.3) is 5.69 Å². The van der Waals surface area contributed by atoms with E-state index in [0.717, 1.165) is 0 Å². The van der Waals surface area contributed by atoms with E-state index in [9.17, 15) is 15.2 Å². The zero-order valence-electron chi connectivity index (χ0n) is 11.3. The smallest absolute Gasteiger partial charge is 0.271 e. The van der Waals surface area contributed by atoms with Crippen molar-refractivity contribution >= 4 is 11.4 Å². The number of nitrogens with zero attached hydrogens (tertiary/aromatic N) is 1. The molecule has 0 aliphatic rings. The van der Waals surface area contributed by atoms with Crippen LogP contribution in [0, 0.1) is 10.1 Å². The van der Waals surface area contributed by atoms with Crippen LogP contribution in [0.4, 0.5) is 11.4 Å². The van der Waals surface area contributed by atoms with Crippen molar-refractivity contribution in [3.8, 4) is 5.75 Å². The van der Waals surface area contributed by atoms with E-state index in [1.165, 1.54) is 12.1 Å². The van der Waals surface area contributed by atoms with Gasteiger partial charge in [-0.15, -0.1) is 0 Å². The summed E-state index contributed by atoms with van der Waals surface area (Å²) in [6.07, 6.45) is 0. The van der Waals surface area contributed by atoms with Gasteiger partial charge in [-0.1, -0.05) is 24.3 Å². The molecule has 21 heavy (non-hydrogen) atoms. The third kappa shape index (κ3) is 4.47. The molecule has 0 radical (unpaired) electrons. The molecule has 0 aliphatic heterocycles. The average Bonchev–Trinajstić information content (AvgIpc) is 2.52. The molecule has 2 aromatic rings. The quantitative estimate of drug-likeness (QED) is 0.604. The Balaban J connectivity index is 1.95. The summed E-state index contributed by atoms with van der Waals surface area (Å²) < 4.78 is 5.55. The van der Waals surface area contributed by atoms with Crippen LogP contribution in [-0.4, -0.2) is 29.3 Å². The Morgan fingerprint density at radius 3 is 2.62 bits per heavy atom. The summed E-state index contributed by atoms with van der Waals surface area (Å²) in [7, 11) is 0. The van der Waals surface area contributed by atoms with Crippen LogP contribution in [-0.2, 0) is 0 Å². The van der Waals surface area contributed by atoms with E-state index in [0.29, 0.717) is 11.4 Å². The molecule has 1 unspecified atom stereocenters. The molecule has 2 rings (SSSR count). The molecule has 0 aliphatic carbocycles. The van der Waals surface area contributed by atoms with E-state index in [1.54, 1.807) is 12.1 Å². The fraction of sp³-hybridized carbons (Fsp3) is 0.200. The molecule has 0 saturated carbocycles. The average molecular weight is 288 g/mol. The lowest BCUT2D eigenvalue weighted by molar-refractivity contribution is -0.384. The zero-order valence-corrected chi connectivity index (χ0v) is 11.3. The number of hydrogen-bond donors (Lipinski definition) is 2. The molecule has 0 heterocycles. The molecule has 110 valence electrons. The molecule has 0 amide bonds. The number of nitrogens with one attached hydrogen (secondary N) is 1. The van der Waals surface area contributed by atoms with Crippen molar-refractivity contribution in [1.29, 1.82) is 0 Å². The number of nitro groups is 1. The predicted octanol–water partition coefficient (Wildman–Crippen LogP) is 2.45. The minimum absolute atomic E-state index is 0.000618. The van der Waals surface area contributed by atoms with Gasteiger partial charge in [0, 0.05) is 17.8 Å². The van der Waals surface area contributed by atoms with E-state index < -0.39 is 4.92 Å². The number of nitro benzene ring substituents is 1. The van der Waals surface area contributed by atoms with E-state index in [4.69, 9.17) is 4.74 Å². The van der Waals surface area contributed by atoms with Crippen LogP contribution in [0.1, 0.15) is 0 Å². The van der Waals surface area contributed by atoms with Gasteiger partial charge >= 0.3 is 0 Å². The minimum atomic E-state index is -0.459. The summed E-state index contributed by atoms with van der Waals surface area (Å²) >= 11 is 0. The Morgan fingerprint density at radius 1 is 1.19 bits per heavy atom. The van der Waals surface area contributed by atoms with Crippen molar-refractivity contribution < 1.29 is 14.8 Å². The highest BCUT2D eigenvalue weighted by Gasteiger charge is 2.11. The molecule has 0 saturated heterocycles. The van der Waals surface area contributed by atoms with Gasteiger partial charge in [-0.25, -0.2) is 0 Å². The van der Waals surface area contributed by atoms with Crippen molar-refractivity contribution in [2.45, 2.75) is 6.04 Å². The van der Waals surface area contributed by atoms with Crippen LogP contribution in [0.15, 0.2) is 54.6 Å². The lowest BCUT2D eigenvalue weighted by Crippen LogP contribution is -2.30. The van der Waals surface area contributed by atoms with Gasteiger partial charge in [-0.2, -0.15) is 0 Å². The first-order valence-corrected chi connectivity index (χ1v) is 6.49. The number of benzene rings is 2. The summed E-state index contributed by atoms with van der Waals surface area (Å²) in [6, 6.07) is 15.0. The first kappa shape index (κ1) is 14.8. The summed E-state index contributed by atoms with van der Waals surface area (Å²) in [5.74, 6) is 0.705. The van der Waals surface area contributed by atoms with E-state index >= 15 is 0 Å². The molecule has 0 bridgehead atoms. The molecule has 0 fully saturated rings. The third-order valence-electron chi connectivity index (χ3n) is 2.84. The van der Waals surface area contributed by atoms with Gasteiger partial charge in [-0.3, -0.25) is 10.1 Å². The number of para-hydroxylation sites is 1. The molecule has 6 nitrogen and oxygen atoms in total. The molecular weight excluding hydrogens is 272 g/mol. The second-order valence-electron chi connectivity index (χ2n) is 4.46. The summed E-state index contributed by atoms with van der Waals surface area (Å²) in [6.45, 7) is 0.110. The molecular formula is C15H16N2O4. The molecule has 6 heteroatoms. The topological polar surface area (TPSA) is 84.6 Å². The lowest BCUT2D eigenvalue weighted by atomic mass is 10.2. The fourth-order valence-corrected chi connectivity index (χ4v) is 1.80. The Labute approximate surface area is 122 Å². The SMILES string of the molecule is O=[N+]([O-])c1cccc(NC(CO)COc2ccccc2)c1. The minimum Gasteiger partial charge on any atom is -0.491 e. The van der Waals surface area contributed by atoms with Crippen molar-refractivity contribution in [1.82, 2.24) is 0 Å². The predicted molar refractivity (Wildman–Crippen MR) is 79.5 cm³/mol. The highest BCUT2D eigenvalue weighted by Crippen LogP contribution is 2.18. The second-order valence-corrected chi connectivity index (χ2v) is 4.46. The van der Waals surface area contributed by atoms with Crippen LogP contribution in [0.5, 0.6) is 5.75 Å². The van der Waals surface area contributed by atoms with Gasteiger partial charge in [0.2, 0.25) is 0 Å². The molecule has 2 N–H and O–H groups in total. The lowest BCUT2D eigenvalue weighted by Gasteiger charge is -2.18. The van der Waals surface area contributed by atoms with Crippen molar-refractivity contribution in [3.05, 3.63) is 64.7 Å². The van der Waals surface area contributed by atoms with Gasteiger partial charge in [0.05, 0.1) is 17.6 Å². The van der Waals surface area contributed by atoms with Crippen molar-refractivity contribution in [3.63, 3.8) is 0 Å². The Bertz CT molecular complexity index is 589. The third-order valence-corrected chi connectivity index (χ3v) is 2.84. The monoisotopic (exact) mass is 288 g/mol. The maximum atomic E-state index is 10.7. The van der Waals surface area contributed by atoms with Crippen LogP contribution in [0.2, 0.25) is 0 Å². The van der Waals surface area contributed by atoms with Gasteiger partial charge in [0.1, 0.15) is 12.4 Å². The fourth-order valence-electron chi connectivity index (χ4n) is 1.80. The number of hydrogen-bond acceptors (Lipinski definition) is 5. The normalized spacial score (nSPS) is 11.7.